The highest BCUT2D eigenvalue weighted by molar-refractivity contribution is 14.1. The van der Waals surface area contributed by atoms with Crippen LogP contribution in [0.15, 0.2) is 75.7 Å². The number of hydrogen-bond acceptors (Lipinski definition) is 7. The molecule has 4 aromatic rings. The molecule has 1 atom stereocenters. The zero-order chi connectivity index (χ0) is 30.8. The van der Waals surface area contributed by atoms with Crippen molar-refractivity contribution in [2.24, 2.45) is 4.99 Å². The first kappa shape index (κ1) is 31.3. The first-order valence-electron chi connectivity index (χ1n) is 13.3. The topological polar surface area (TPSA) is 79.1 Å². The van der Waals surface area contributed by atoms with Crippen molar-refractivity contribution in [1.29, 1.82) is 0 Å². The standard InChI is InChI=1S/C32H27Cl2IN2O5S/c1-5-41-31(39)27-18(3)36-32-37(28(27)19-8-6-17(2)7-9-19)30(38)26(43-32)13-21-12-23(35)15-25(40-4)29(21)42-16-20-10-11-22(33)14-24(20)34/h6-15,28H,5,16H2,1-4H3/b26-13-/t28-/m0/s1. The molecule has 0 spiro atoms. The lowest BCUT2D eigenvalue weighted by atomic mass is 9.95. The smallest absolute Gasteiger partial charge is 0.338 e. The van der Waals surface area contributed by atoms with Crippen LogP contribution in [-0.4, -0.2) is 24.3 Å². The Morgan fingerprint density at radius 1 is 1.12 bits per heavy atom. The quantitative estimate of drug-likeness (QED) is 0.150. The van der Waals surface area contributed by atoms with E-state index in [2.05, 4.69) is 27.6 Å². The van der Waals surface area contributed by atoms with Gasteiger partial charge in [-0.3, -0.25) is 9.36 Å². The lowest BCUT2D eigenvalue weighted by molar-refractivity contribution is -0.139. The van der Waals surface area contributed by atoms with Crippen LogP contribution in [0.1, 0.15) is 42.1 Å². The van der Waals surface area contributed by atoms with Gasteiger partial charge in [-0.05, 0) is 79.3 Å². The van der Waals surface area contributed by atoms with Gasteiger partial charge in [0.25, 0.3) is 5.56 Å². The van der Waals surface area contributed by atoms with E-state index in [0.29, 0.717) is 47.7 Å². The summed E-state index contributed by atoms with van der Waals surface area (Å²) in [6.45, 7) is 5.87. The number of thiazole rings is 1. The second-order valence-electron chi connectivity index (χ2n) is 9.76. The van der Waals surface area contributed by atoms with Crippen molar-refractivity contribution in [3.8, 4) is 11.5 Å². The molecule has 0 unspecified atom stereocenters. The number of aryl methyl sites for hydroxylation is 1. The Morgan fingerprint density at radius 3 is 2.53 bits per heavy atom. The number of nitrogens with zero attached hydrogens (tertiary/aromatic N) is 2. The van der Waals surface area contributed by atoms with Crippen molar-refractivity contribution in [1.82, 2.24) is 4.57 Å². The van der Waals surface area contributed by atoms with E-state index in [1.807, 2.05) is 43.3 Å². The maximum absolute atomic E-state index is 14.1. The van der Waals surface area contributed by atoms with Crippen LogP contribution < -0.4 is 24.4 Å². The normalized spacial score (nSPS) is 14.8. The van der Waals surface area contributed by atoms with Crippen molar-refractivity contribution < 1.29 is 19.0 Å². The third-order valence-electron chi connectivity index (χ3n) is 6.85. The fourth-order valence-corrected chi connectivity index (χ4v) is 6.91. The number of halogens is 3. The summed E-state index contributed by atoms with van der Waals surface area (Å²) in [5.41, 5.74) is 3.81. The third-order valence-corrected chi connectivity index (χ3v) is 9.04. The molecule has 1 aliphatic heterocycles. The molecule has 0 saturated heterocycles. The minimum atomic E-state index is -0.689. The molecular formula is C32H27Cl2IN2O5S. The highest BCUT2D eigenvalue weighted by Gasteiger charge is 2.33. The monoisotopic (exact) mass is 748 g/mol. The van der Waals surface area contributed by atoms with Gasteiger partial charge in [0.15, 0.2) is 16.3 Å². The Labute approximate surface area is 276 Å². The molecule has 43 heavy (non-hydrogen) atoms. The van der Waals surface area contributed by atoms with Crippen LogP contribution in [-0.2, 0) is 16.1 Å². The molecule has 0 bridgehead atoms. The molecular weight excluding hydrogens is 722 g/mol. The van der Waals surface area contributed by atoms with Gasteiger partial charge < -0.3 is 14.2 Å². The predicted molar refractivity (Wildman–Crippen MR) is 178 cm³/mol. The average molecular weight is 749 g/mol. The summed E-state index contributed by atoms with van der Waals surface area (Å²) in [5.74, 6) is 0.467. The van der Waals surface area contributed by atoms with Gasteiger partial charge in [-0.1, -0.05) is 70.4 Å². The Bertz CT molecular complexity index is 1930. The molecule has 0 aliphatic carbocycles. The van der Waals surface area contributed by atoms with Crippen molar-refractivity contribution in [3.05, 3.63) is 121 Å². The van der Waals surface area contributed by atoms with Crippen LogP contribution >= 0.6 is 57.1 Å². The van der Waals surface area contributed by atoms with Crippen molar-refractivity contribution in [2.75, 3.05) is 13.7 Å². The molecule has 3 aromatic carbocycles. The van der Waals surface area contributed by atoms with E-state index in [-0.39, 0.29) is 18.8 Å². The van der Waals surface area contributed by atoms with Gasteiger partial charge in [0.2, 0.25) is 0 Å². The van der Waals surface area contributed by atoms with Gasteiger partial charge in [-0.25, -0.2) is 9.79 Å². The van der Waals surface area contributed by atoms with Gasteiger partial charge >= 0.3 is 5.97 Å². The number of benzene rings is 3. The second-order valence-corrected chi connectivity index (χ2v) is 12.9. The minimum absolute atomic E-state index is 0.157. The number of carbonyl (C=O) groups is 1. The summed E-state index contributed by atoms with van der Waals surface area (Å²) in [5, 5.41) is 1.01. The van der Waals surface area contributed by atoms with Crippen molar-refractivity contribution in [3.63, 3.8) is 0 Å². The maximum Gasteiger partial charge on any atom is 0.338 e. The van der Waals surface area contributed by atoms with E-state index in [0.717, 1.165) is 20.3 Å². The van der Waals surface area contributed by atoms with Gasteiger partial charge in [0, 0.05) is 24.7 Å². The Kier molecular flexibility index (Phi) is 9.65. The van der Waals surface area contributed by atoms with Gasteiger partial charge in [0.05, 0.1) is 35.6 Å². The molecule has 1 aromatic heterocycles. The number of esters is 1. The molecule has 222 valence electrons. The molecule has 0 N–H and O–H groups in total. The van der Waals surface area contributed by atoms with Gasteiger partial charge in [0.1, 0.15) is 6.61 Å². The number of rotatable bonds is 8. The highest BCUT2D eigenvalue weighted by Crippen LogP contribution is 2.36. The third kappa shape index (κ3) is 6.55. The summed E-state index contributed by atoms with van der Waals surface area (Å²) in [7, 11) is 1.56. The van der Waals surface area contributed by atoms with E-state index in [1.54, 1.807) is 49.8 Å². The van der Waals surface area contributed by atoms with Crippen LogP contribution in [0, 0.1) is 10.5 Å². The number of fused-ring (bicyclic) bond motifs is 1. The van der Waals surface area contributed by atoms with Crippen LogP contribution in [0.5, 0.6) is 11.5 Å². The summed E-state index contributed by atoms with van der Waals surface area (Å²) >= 11 is 15.9. The van der Waals surface area contributed by atoms with Crippen LogP contribution in [0.4, 0.5) is 0 Å². The van der Waals surface area contributed by atoms with Crippen molar-refractivity contribution in [2.45, 2.75) is 33.4 Å². The van der Waals surface area contributed by atoms with E-state index in [9.17, 15) is 9.59 Å². The van der Waals surface area contributed by atoms with Crippen LogP contribution in [0.2, 0.25) is 10.0 Å². The van der Waals surface area contributed by atoms with Crippen LogP contribution in [0.25, 0.3) is 6.08 Å². The summed E-state index contributed by atoms with van der Waals surface area (Å²) < 4.78 is 20.2. The number of hydrogen-bond donors (Lipinski definition) is 0. The molecule has 0 radical (unpaired) electrons. The SMILES string of the molecule is CCOC(=O)C1=C(C)N=c2s/c(=C\c3cc(I)cc(OC)c3OCc3ccc(Cl)cc3Cl)c(=O)n2[C@H]1c1ccc(C)cc1. The Morgan fingerprint density at radius 2 is 1.86 bits per heavy atom. The number of carbonyl (C=O) groups excluding carboxylic acids is 1. The van der Waals surface area contributed by atoms with Crippen LogP contribution in [0.3, 0.4) is 0 Å². The zero-order valence-corrected chi connectivity index (χ0v) is 28.2. The molecule has 0 saturated carbocycles. The largest absolute Gasteiger partial charge is 0.493 e. The first-order chi connectivity index (χ1) is 20.6. The Balaban J connectivity index is 1.66. The number of methoxy groups -OCH3 is 1. The maximum atomic E-state index is 14.1. The minimum Gasteiger partial charge on any atom is -0.493 e. The van der Waals surface area contributed by atoms with Gasteiger partial charge in [-0.2, -0.15) is 0 Å². The average Bonchev–Trinajstić information content (AvgIpc) is 3.26. The molecule has 1 aliphatic rings. The molecule has 11 heteroatoms. The first-order valence-corrected chi connectivity index (χ1v) is 16.0. The molecule has 0 amide bonds. The predicted octanol–water partition coefficient (Wildman–Crippen LogP) is 6.61. The fraction of sp³-hybridized carbons (Fsp3) is 0.219. The lowest BCUT2D eigenvalue weighted by Crippen LogP contribution is -2.39. The molecule has 5 rings (SSSR count). The van der Waals surface area contributed by atoms with Gasteiger partial charge in [-0.15, -0.1) is 0 Å². The van der Waals surface area contributed by atoms with Crippen molar-refractivity contribution >= 4 is 69.2 Å². The highest BCUT2D eigenvalue weighted by atomic mass is 127. The molecule has 7 nitrogen and oxygen atoms in total. The van der Waals surface area contributed by atoms with E-state index < -0.39 is 12.0 Å². The summed E-state index contributed by atoms with van der Waals surface area (Å²) in [6.07, 6.45) is 1.77. The molecule has 0 fully saturated rings. The van der Waals surface area contributed by atoms with E-state index >= 15 is 0 Å². The summed E-state index contributed by atoms with van der Waals surface area (Å²) in [6, 6.07) is 16.0. The number of aromatic nitrogens is 1. The molecule has 2 heterocycles. The number of ether oxygens (including phenoxy) is 3. The van der Waals surface area contributed by atoms with E-state index in [4.69, 9.17) is 37.4 Å². The lowest BCUT2D eigenvalue weighted by Gasteiger charge is -2.24. The second kappa shape index (κ2) is 13.3. The fourth-order valence-electron chi connectivity index (χ4n) is 4.79. The Hall–Kier alpha value is -3.12. The summed E-state index contributed by atoms with van der Waals surface area (Å²) in [4.78, 5) is 32.4. The van der Waals surface area contributed by atoms with E-state index in [1.165, 1.54) is 11.3 Å². The number of allylic oxidation sites excluding steroid dienone is 1. The zero-order valence-electron chi connectivity index (χ0n) is 23.7.